The molecule has 1 unspecified atom stereocenters. The lowest BCUT2D eigenvalue weighted by molar-refractivity contribution is -0.123. The molecular formula is C5H10N2OS. The minimum Gasteiger partial charge on any atom is -0.353 e. The van der Waals surface area contributed by atoms with Crippen molar-refractivity contribution in [3.63, 3.8) is 0 Å². The fourth-order valence-corrected chi connectivity index (χ4v) is 1.09. The highest BCUT2D eigenvalue weighted by Gasteiger charge is 2.18. The van der Waals surface area contributed by atoms with Crippen molar-refractivity contribution in [3.05, 3.63) is 0 Å². The van der Waals surface area contributed by atoms with Gasteiger partial charge in [0.15, 0.2) is 0 Å². The third kappa shape index (κ3) is 1.59. The van der Waals surface area contributed by atoms with Crippen LogP contribution in [0.15, 0.2) is 0 Å². The number of thiol groups is 1. The van der Waals surface area contributed by atoms with Crippen molar-refractivity contribution in [3.8, 4) is 0 Å². The van der Waals surface area contributed by atoms with Gasteiger partial charge in [0.1, 0.15) is 0 Å². The van der Waals surface area contributed by atoms with Gasteiger partial charge in [-0.25, -0.2) is 0 Å². The molecule has 1 rings (SSSR count). The Labute approximate surface area is 59.6 Å². The molecule has 0 aromatic rings. The van der Waals surface area contributed by atoms with Crippen LogP contribution >= 0.6 is 12.6 Å². The van der Waals surface area contributed by atoms with E-state index in [1.165, 1.54) is 0 Å². The Kier molecular flexibility index (Phi) is 2.36. The second-order valence-electron chi connectivity index (χ2n) is 1.98. The van der Waals surface area contributed by atoms with Crippen LogP contribution in [0.25, 0.3) is 0 Å². The Morgan fingerprint density at radius 2 is 2.44 bits per heavy atom. The first-order valence-electron chi connectivity index (χ1n) is 2.96. The standard InChI is InChI=1S/C5H10N2OS/c8-5-4(3-9)6-1-2-7-5/h4,6,9H,1-3H2,(H,7,8). The van der Waals surface area contributed by atoms with Gasteiger partial charge in [-0.2, -0.15) is 12.6 Å². The Hall–Kier alpha value is -0.220. The van der Waals surface area contributed by atoms with E-state index in [1.807, 2.05) is 0 Å². The Balaban J connectivity index is 2.39. The van der Waals surface area contributed by atoms with Crippen LogP contribution in [0.3, 0.4) is 0 Å². The van der Waals surface area contributed by atoms with Gasteiger partial charge in [0, 0.05) is 18.8 Å². The zero-order chi connectivity index (χ0) is 6.69. The van der Waals surface area contributed by atoms with E-state index in [2.05, 4.69) is 23.3 Å². The predicted molar refractivity (Wildman–Crippen MR) is 38.7 cm³/mol. The topological polar surface area (TPSA) is 41.1 Å². The molecule has 1 aliphatic rings. The molecule has 9 heavy (non-hydrogen) atoms. The summed E-state index contributed by atoms with van der Waals surface area (Å²) in [6.45, 7) is 1.60. The van der Waals surface area contributed by atoms with Gasteiger partial charge >= 0.3 is 0 Å². The fourth-order valence-electron chi connectivity index (χ4n) is 0.795. The summed E-state index contributed by atoms with van der Waals surface area (Å²) >= 11 is 4.00. The summed E-state index contributed by atoms with van der Waals surface area (Å²) in [5.74, 6) is 0.641. The highest BCUT2D eigenvalue weighted by molar-refractivity contribution is 7.80. The minimum atomic E-state index is -0.0814. The molecule has 1 aliphatic heterocycles. The second kappa shape index (κ2) is 3.08. The molecule has 0 spiro atoms. The molecule has 4 heteroatoms. The SMILES string of the molecule is O=C1NCCNC1CS. The molecule has 0 radical (unpaired) electrons. The summed E-state index contributed by atoms with van der Waals surface area (Å²) < 4.78 is 0. The maximum Gasteiger partial charge on any atom is 0.238 e. The van der Waals surface area contributed by atoms with Crippen LogP contribution in [-0.4, -0.2) is 30.8 Å². The Bertz CT molecular complexity index is 118. The highest BCUT2D eigenvalue weighted by Crippen LogP contribution is 1.90. The lowest BCUT2D eigenvalue weighted by Gasteiger charge is -2.21. The van der Waals surface area contributed by atoms with Gasteiger partial charge in [0.2, 0.25) is 5.91 Å². The van der Waals surface area contributed by atoms with E-state index < -0.39 is 0 Å². The fraction of sp³-hybridized carbons (Fsp3) is 0.800. The van der Waals surface area contributed by atoms with Crippen LogP contribution in [-0.2, 0) is 4.79 Å². The van der Waals surface area contributed by atoms with Crippen molar-refractivity contribution in [2.45, 2.75) is 6.04 Å². The van der Waals surface area contributed by atoms with Crippen molar-refractivity contribution in [1.29, 1.82) is 0 Å². The molecule has 0 aromatic carbocycles. The van der Waals surface area contributed by atoms with E-state index in [1.54, 1.807) is 0 Å². The third-order valence-electron chi connectivity index (χ3n) is 1.31. The van der Waals surface area contributed by atoms with Crippen LogP contribution in [0, 0.1) is 0 Å². The summed E-state index contributed by atoms with van der Waals surface area (Å²) in [7, 11) is 0. The van der Waals surface area contributed by atoms with Crippen molar-refractivity contribution < 1.29 is 4.79 Å². The molecular weight excluding hydrogens is 136 g/mol. The monoisotopic (exact) mass is 146 g/mol. The van der Waals surface area contributed by atoms with Gasteiger partial charge in [-0.15, -0.1) is 0 Å². The van der Waals surface area contributed by atoms with Crippen LogP contribution in [0.4, 0.5) is 0 Å². The maximum atomic E-state index is 10.8. The molecule has 0 saturated carbocycles. The lowest BCUT2D eigenvalue weighted by atomic mass is 10.2. The van der Waals surface area contributed by atoms with Gasteiger partial charge in [0.05, 0.1) is 6.04 Å². The predicted octanol–water partition coefficient (Wildman–Crippen LogP) is -0.996. The number of nitrogens with one attached hydrogen (secondary N) is 2. The van der Waals surface area contributed by atoms with E-state index >= 15 is 0 Å². The summed E-state index contributed by atoms with van der Waals surface area (Å²) in [6, 6.07) is -0.0814. The summed E-state index contributed by atoms with van der Waals surface area (Å²) in [5.41, 5.74) is 0. The summed E-state index contributed by atoms with van der Waals surface area (Å²) in [5, 5.41) is 5.76. The first-order chi connectivity index (χ1) is 4.34. The van der Waals surface area contributed by atoms with Gasteiger partial charge < -0.3 is 10.6 Å². The van der Waals surface area contributed by atoms with E-state index in [4.69, 9.17) is 0 Å². The number of carbonyl (C=O) groups excluding carboxylic acids is 1. The number of carbonyl (C=O) groups is 1. The number of hydrogen-bond donors (Lipinski definition) is 3. The molecule has 2 N–H and O–H groups in total. The van der Waals surface area contributed by atoms with Crippen LogP contribution < -0.4 is 10.6 Å². The summed E-state index contributed by atoms with van der Waals surface area (Å²) in [4.78, 5) is 10.8. The van der Waals surface area contributed by atoms with Gasteiger partial charge in [0.25, 0.3) is 0 Å². The molecule has 1 atom stereocenters. The third-order valence-corrected chi connectivity index (χ3v) is 1.68. The first-order valence-corrected chi connectivity index (χ1v) is 3.60. The average Bonchev–Trinajstić information content (AvgIpc) is 1.89. The molecule has 0 bridgehead atoms. The van der Waals surface area contributed by atoms with Crippen LogP contribution in [0.2, 0.25) is 0 Å². The smallest absolute Gasteiger partial charge is 0.238 e. The van der Waals surface area contributed by atoms with E-state index in [9.17, 15) is 4.79 Å². The molecule has 0 aliphatic carbocycles. The largest absolute Gasteiger partial charge is 0.353 e. The average molecular weight is 146 g/mol. The molecule has 3 nitrogen and oxygen atoms in total. The lowest BCUT2D eigenvalue weighted by Crippen LogP contribution is -2.53. The zero-order valence-corrected chi connectivity index (χ0v) is 5.95. The van der Waals surface area contributed by atoms with Crippen LogP contribution in [0.5, 0.6) is 0 Å². The molecule has 52 valence electrons. The number of amides is 1. The van der Waals surface area contributed by atoms with E-state index in [-0.39, 0.29) is 11.9 Å². The van der Waals surface area contributed by atoms with Crippen molar-refractivity contribution in [2.75, 3.05) is 18.8 Å². The van der Waals surface area contributed by atoms with E-state index in [0.29, 0.717) is 5.75 Å². The van der Waals surface area contributed by atoms with Crippen molar-refractivity contribution in [2.24, 2.45) is 0 Å². The van der Waals surface area contributed by atoms with Crippen molar-refractivity contribution >= 4 is 18.5 Å². The van der Waals surface area contributed by atoms with Gasteiger partial charge in [-0.3, -0.25) is 4.79 Å². The molecule has 0 aromatic heterocycles. The quantitative estimate of drug-likeness (QED) is 0.415. The normalized spacial score (nSPS) is 27.7. The highest BCUT2D eigenvalue weighted by atomic mass is 32.1. The van der Waals surface area contributed by atoms with Gasteiger partial charge in [-0.1, -0.05) is 0 Å². The van der Waals surface area contributed by atoms with Crippen molar-refractivity contribution in [1.82, 2.24) is 10.6 Å². The number of rotatable bonds is 1. The first kappa shape index (κ1) is 6.89. The number of hydrogen-bond acceptors (Lipinski definition) is 3. The minimum absolute atomic E-state index is 0.0660. The maximum absolute atomic E-state index is 10.8. The molecule has 1 amide bonds. The van der Waals surface area contributed by atoms with Gasteiger partial charge in [-0.05, 0) is 0 Å². The second-order valence-corrected chi connectivity index (χ2v) is 2.35. The Morgan fingerprint density at radius 1 is 1.67 bits per heavy atom. The summed E-state index contributed by atoms with van der Waals surface area (Å²) in [6.07, 6.45) is 0. The zero-order valence-electron chi connectivity index (χ0n) is 5.05. The van der Waals surface area contributed by atoms with E-state index in [0.717, 1.165) is 13.1 Å². The molecule has 1 fully saturated rings. The molecule has 1 heterocycles. The Morgan fingerprint density at radius 3 is 2.89 bits per heavy atom. The molecule has 1 saturated heterocycles. The van der Waals surface area contributed by atoms with Crippen LogP contribution in [0.1, 0.15) is 0 Å². The number of piperazine rings is 1.